The number of benzene rings is 2. The number of carbonyl (C=O) groups is 1. The Morgan fingerprint density at radius 2 is 1.90 bits per heavy atom. The molecule has 2 aromatic carbocycles. The van der Waals surface area contributed by atoms with E-state index in [9.17, 15) is 9.90 Å². The molecule has 29 heavy (non-hydrogen) atoms. The summed E-state index contributed by atoms with van der Waals surface area (Å²) >= 11 is 0. The van der Waals surface area contributed by atoms with E-state index in [1.165, 1.54) is 0 Å². The molecule has 1 unspecified atom stereocenters. The molecule has 2 aromatic rings. The van der Waals surface area contributed by atoms with Crippen LogP contribution in [0.5, 0.6) is 5.75 Å². The average molecular weight is 421 g/mol. The predicted molar refractivity (Wildman–Crippen MR) is 114 cm³/mol. The summed E-state index contributed by atoms with van der Waals surface area (Å²) in [5.41, 5.74) is 0.959. The van der Waals surface area contributed by atoms with E-state index < -0.39 is 11.7 Å². The zero-order valence-corrected chi connectivity index (χ0v) is 17.4. The van der Waals surface area contributed by atoms with Gasteiger partial charge in [-0.05, 0) is 49.2 Å². The molecule has 6 nitrogen and oxygen atoms in total. The number of carbonyl (C=O) groups excluding carboxylic acids is 1. The first-order chi connectivity index (χ1) is 13.6. The number of rotatable bonds is 8. The first-order valence-corrected chi connectivity index (χ1v) is 9.62. The van der Waals surface area contributed by atoms with E-state index >= 15 is 0 Å². The third kappa shape index (κ3) is 6.18. The maximum atomic E-state index is 12.6. The van der Waals surface area contributed by atoms with Gasteiger partial charge in [0.05, 0.1) is 6.10 Å². The number of piperidine rings is 1. The van der Waals surface area contributed by atoms with Crippen LogP contribution in [0.25, 0.3) is 0 Å². The van der Waals surface area contributed by atoms with Gasteiger partial charge in [0.2, 0.25) is 0 Å². The molecular formula is C22H29ClN2O4. The second-order valence-corrected chi connectivity index (χ2v) is 7.02. The lowest BCUT2D eigenvalue weighted by Crippen LogP contribution is -2.54. The van der Waals surface area contributed by atoms with Crippen molar-refractivity contribution in [3.8, 4) is 5.75 Å². The van der Waals surface area contributed by atoms with Crippen LogP contribution in [-0.4, -0.2) is 43.4 Å². The van der Waals surface area contributed by atoms with Crippen molar-refractivity contribution in [2.24, 2.45) is 0 Å². The van der Waals surface area contributed by atoms with Crippen LogP contribution in [-0.2, 0) is 16.1 Å². The van der Waals surface area contributed by atoms with Gasteiger partial charge in [0, 0.05) is 13.7 Å². The zero-order valence-electron chi connectivity index (χ0n) is 16.6. The molecule has 3 N–H and O–H groups in total. The molecule has 1 fully saturated rings. The summed E-state index contributed by atoms with van der Waals surface area (Å²) in [6, 6.07) is 17.2. The summed E-state index contributed by atoms with van der Waals surface area (Å²) in [6.07, 6.45) is 0.419. The Morgan fingerprint density at radius 1 is 1.17 bits per heavy atom. The molecule has 1 amide bonds. The van der Waals surface area contributed by atoms with E-state index in [1.54, 1.807) is 13.2 Å². The van der Waals surface area contributed by atoms with Gasteiger partial charge in [0.25, 0.3) is 5.91 Å². The molecule has 0 radical (unpaired) electrons. The molecular weight excluding hydrogens is 392 g/mol. The lowest BCUT2D eigenvalue weighted by atomic mass is 9.91. The Labute approximate surface area is 178 Å². The average Bonchev–Trinajstić information content (AvgIpc) is 2.77. The molecule has 0 aliphatic carbocycles. The molecule has 0 spiro atoms. The third-order valence-electron chi connectivity index (χ3n) is 5.16. The second kappa shape index (κ2) is 11.2. The third-order valence-corrected chi connectivity index (χ3v) is 5.16. The summed E-state index contributed by atoms with van der Waals surface area (Å²) in [4.78, 5) is 12.6. The standard InChI is InChI=1S/C22H28N2O4.ClH/c1-27-22(10-12-23-13-11-22)21(26)24-15-20(25)18-8-5-9-19(14-18)28-16-17-6-3-2-4-7-17;/h2-9,14,20,23,25H,10-13,15-16H2,1H3,(H,24,26);1H. The smallest absolute Gasteiger partial charge is 0.252 e. The first-order valence-electron chi connectivity index (χ1n) is 9.62. The fraction of sp³-hybridized carbons (Fsp3) is 0.409. The summed E-state index contributed by atoms with van der Waals surface area (Å²) in [5, 5.41) is 16.6. The van der Waals surface area contributed by atoms with Crippen LogP contribution in [0.2, 0.25) is 0 Å². The lowest BCUT2D eigenvalue weighted by Gasteiger charge is -2.35. The quantitative estimate of drug-likeness (QED) is 0.611. The number of aliphatic hydroxyl groups excluding tert-OH is 1. The van der Waals surface area contributed by atoms with E-state index in [2.05, 4.69) is 10.6 Å². The van der Waals surface area contributed by atoms with E-state index in [4.69, 9.17) is 9.47 Å². The van der Waals surface area contributed by atoms with Gasteiger partial charge >= 0.3 is 0 Å². The molecule has 1 aliphatic rings. The number of nitrogens with one attached hydrogen (secondary N) is 2. The minimum absolute atomic E-state index is 0. The Bertz CT molecular complexity index is 766. The molecule has 1 atom stereocenters. The van der Waals surface area contributed by atoms with Gasteiger partial charge in [-0.3, -0.25) is 4.79 Å². The van der Waals surface area contributed by atoms with Gasteiger partial charge in [-0.15, -0.1) is 12.4 Å². The van der Waals surface area contributed by atoms with Crippen molar-refractivity contribution in [1.29, 1.82) is 0 Å². The van der Waals surface area contributed by atoms with Gasteiger partial charge in [-0.1, -0.05) is 42.5 Å². The highest BCUT2D eigenvalue weighted by atomic mass is 35.5. The van der Waals surface area contributed by atoms with Crippen molar-refractivity contribution in [2.45, 2.75) is 31.2 Å². The molecule has 0 saturated carbocycles. The highest BCUT2D eigenvalue weighted by Gasteiger charge is 2.39. The van der Waals surface area contributed by atoms with Crippen LogP contribution in [0.15, 0.2) is 54.6 Å². The van der Waals surface area contributed by atoms with Crippen LogP contribution in [0, 0.1) is 0 Å². The Balaban J connectivity index is 0.00000300. The Hall–Kier alpha value is -2.12. The van der Waals surface area contributed by atoms with Crippen LogP contribution in [0.4, 0.5) is 0 Å². The van der Waals surface area contributed by atoms with Gasteiger partial charge in [0.15, 0.2) is 0 Å². The Morgan fingerprint density at radius 3 is 2.59 bits per heavy atom. The summed E-state index contributed by atoms with van der Waals surface area (Å²) in [5.74, 6) is 0.505. The first kappa shape index (κ1) is 23.2. The molecule has 0 bridgehead atoms. The van der Waals surface area contributed by atoms with Crippen LogP contribution < -0.4 is 15.4 Å². The number of methoxy groups -OCH3 is 1. The normalized spacial score (nSPS) is 16.3. The summed E-state index contributed by atoms with van der Waals surface area (Å²) in [7, 11) is 1.56. The second-order valence-electron chi connectivity index (χ2n) is 7.02. The molecule has 158 valence electrons. The Kier molecular flexibility index (Phi) is 8.92. The van der Waals surface area contributed by atoms with Crippen molar-refractivity contribution in [2.75, 3.05) is 26.7 Å². The van der Waals surface area contributed by atoms with Crippen molar-refractivity contribution < 1.29 is 19.4 Å². The fourth-order valence-corrected chi connectivity index (χ4v) is 3.38. The minimum atomic E-state index is -0.820. The summed E-state index contributed by atoms with van der Waals surface area (Å²) in [6.45, 7) is 2.07. The van der Waals surface area contributed by atoms with E-state index in [0.29, 0.717) is 30.8 Å². The number of hydrogen-bond donors (Lipinski definition) is 3. The number of aliphatic hydroxyl groups is 1. The van der Waals surface area contributed by atoms with E-state index in [-0.39, 0.29) is 24.9 Å². The molecule has 1 heterocycles. The maximum Gasteiger partial charge on any atom is 0.252 e. The number of amides is 1. The van der Waals surface area contributed by atoms with Gasteiger partial charge in [0.1, 0.15) is 18.0 Å². The monoisotopic (exact) mass is 420 g/mol. The maximum absolute atomic E-state index is 12.6. The van der Waals surface area contributed by atoms with Crippen molar-refractivity contribution >= 4 is 18.3 Å². The van der Waals surface area contributed by atoms with Crippen LogP contribution in [0.1, 0.15) is 30.1 Å². The highest BCUT2D eigenvalue weighted by molar-refractivity contribution is 5.85. The summed E-state index contributed by atoms with van der Waals surface area (Å²) < 4.78 is 11.3. The van der Waals surface area contributed by atoms with Crippen LogP contribution in [0.3, 0.4) is 0 Å². The van der Waals surface area contributed by atoms with Gasteiger partial charge in [-0.2, -0.15) is 0 Å². The largest absolute Gasteiger partial charge is 0.489 e. The van der Waals surface area contributed by atoms with Gasteiger partial charge < -0.3 is 25.2 Å². The van der Waals surface area contributed by atoms with E-state index in [0.717, 1.165) is 18.7 Å². The van der Waals surface area contributed by atoms with Gasteiger partial charge in [-0.25, -0.2) is 0 Å². The molecule has 1 saturated heterocycles. The van der Waals surface area contributed by atoms with Crippen molar-refractivity contribution in [1.82, 2.24) is 10.6 Å². The topological polar surface area (TPSA) is 79.8 Å². The molecule has 3 rings (SSSR count). The minimum Gasteiger partial charge on any atom is -0.489 e. The fourth-order valence-electron chi connectivity index (χ4n) is 3.38. The van der Waals surface area contributed by atoms with Crippen LogP contribution >= 0.6 is 12.4 Å². The number of hydrogen-bond acceptors (Lipinski definition) is 5. The van der Waals surface area contributed by atoms with Crippen molar-refractivity contribution in [3.05, 3.63) is 65.7 Å². The number of ether oxygens (including phenoxy) is 2. The molecule has 7 heteroatoms. The lowest BCUT2D eigenvalue weighted by molar-refractivity contribution is -0.147. The van der Waals surface area contributed by atoms with Crippen molar-refractivity contribution in [3.63, 3.8) is 0 Å². The van der Waals surface area contributed by atoms with E-state index in [1.807, 2.05) is 48.5 Å². The molecule has 1 aliphatic heterocycles. The predicted octanol–water partition coefficient (Wildman–Crippen LogP) is 2.61. The molecule has 0 aromatic heterocycles. The highest BCUT2D eigenvalue weighted by Crippen LogP contribution is 2.24. The zero-order chi connectivity index (χ0) is 19.8. The number of halogens is 1. The SMILES string of the molecule is COC1(C(=O)NCC(O)c2cccc(OCc3ccccc3)c2)CCNCC1.Cl.